The molecule has 196 valence electrons. The largest absolute Gasteiger partial charge is 0.443 e. The summed E-state index contributed by atoms with van der Waals surface area (Å²) in [6, 6.07) is 0. The van der Waals surface area contributed by atoms with Crippen molar-refractivity contribution in [3.8, 4) is 0 Å². The Labute approximate surface area is 208 Å². The van der Waals surface area contributed by atoms with Crippen molar-refractivity contribution >= 4 is 35.5 Å². The fraction of sp³-hybridized carbons (Fsp3) is 0.652. The number of aromatic nitrogens is 4. The van der Waals surface area contributed by atoms with E-state index in [-0.39, 0.29) is 17.0 Å². The number of hydrogen-bond donors (Lipinski definition) is 0. The standard InChI is InChI=1S/C23H31N5O8/c1-21(2,3)35-19(30)28(20(31)36-22(4,5)6)17-13-16(24-10-25-17)27(11-26-13)18-15-14(12(9-29)32-18)33-23(7,8)34-15/h9-12,14-15,18H,1-8H3/t12-,14-,15-,18+/m1/s1. The van der Waals surface area contributed by atoms with Crippen LogP contribution in [0, 0.1) is 0 Å². The van der Waals surface area contributed by atoms with E-state index in [2.05, 4.69) is 15.0 Å². The molecule has 2 aromatic heterocycles. The van der Waals surface area contributed by atoms with Crippen molar-refractivity contribution in [2.24, 2.45) is 0 Å². The lowest BCUT2D eigenvalue weighted by Gasteiger charge is -2.28. The van der Waals surface area contributed by atoms with Crippen molar-refractivity contribution in [3.05, 3.63) is 12.7 Å². The average Bonchev–Trinajstić information content (AvgIpc) is 3.36. The second-order valence-corrected chi connectivity index (χ2v) is 11.0. The van der Waals surface area contributed by atoms with Crippen molar-refractivity contribution in [3.63, 3.8) is 0 Å². The quantitative estimate of drug-likeness (QED) is 0.567. The Kier molecular flexibility index (Phi) is 6.30. The van der Waals surface area contributed by atoms with Crippen LogP contribution >= 0.6 is 0 Å². The van der Waals surface area contributed by atoms with Crippen molar-refractivity contribution in [2.75, 3.05) is 4.90 Å². The maximum atomic E-state index is 13.1. The molecule has 2 fully saturated rings. The molecule has 0 radical (unpaired) electrons. The molecule has 2 amide bonds. The monoisotopic (exact) mass is 505 g/mol. The first kappa shape index (κ1) is 25.9. The van der Waals surface area contributed by atoms with Crippen LogP contribution in [0.25, 0.3) is 11.2 Å². The van der Waals surface area contributed by atoms with Crippen LogP contribution in [0.1, 0.15) is 61.6 Å². The molecule has 13 heteroatoms. The Morgan fingerprint density at radius 3 is 2.14 bits per heavy atom. The summed E-state index contributed by atoms with van der Waals surface area (Å²) in [7, 11) is 0. The molecule has 2 aromatic rings. The van der Waals surface area contributed by atoms with E-state index in [1.54, 1.807) is 60.0 Å². The van der Waals surface area contributed by atoms with Crippen LogP contribution in [-0.2, 0) is 28.5 Å². The third kappa shape index (κ3) is 5.04. The van der Waals surface area contributed by atoms with E-state index in [0.29, 0.717) is 11.2 Å². The number of rotatable bonds is 3. The zero-order chi connectivity index (χ0) is 26.6. The molecular weight excluding hydrogens is 474 g/mol. The summed E-state index contributed by atoms with van der Waals surface area (Å²) in [5.41, 5.74) is -1.44. The predicted octanol–water partition coefficient (Wildman–Crippen LogP) is 3.12. The second kappa shape index (κ2) is 8.75. The SMILES string of the molecule is CC(C)(C)OC(=O)N(C(=O)OC(C)(C)C)c1ncnc2c1ncn2[C@H]1O[C@H](C=O)[C@H]2OC(C)(C)O[C@H]21. The van der Waals surface area contributed by atoms with E-state index in [1.807, 2.05) is 0 Å². The lowest BCUT2D eigenvalue weighted by molar-refractivity contribution is -0.194. The number of imidazole rings is 1. The highest BCUT2D eigenvalue weighted by atomic mass is 16.8. The van der Waals surface area contributed by atoms with Crippen molar-refractivity contribution in [2.45, 2.75) is 96.9 Å². The Balaban J connectivity index is 1.77. The van der Waals surface area contributed by atoms with Gasteiger partial charge in [-0.1, -0.05) is 0 Å². The molecule has 36 heavy (non-hydrogen) atoms. The van der Waals surface area contributed by atoms with Crippen LogP contribution in [0.15, 0.2) is 12.7 Å². The van der Waals surface area contributed by atoms with E-state index >= 15 is 0 Å². The van der Waals surface area contributed by atoms with Gasteiger partial charge in [-0.05, 0) is 55.4 Å². The number of hydrogen-bond acceptors (Lipinski definition) is 11. The normalized spacial score (nSPS) is 25.4. The number of imide groups is 1. The molecule has 0 unspecified atom stereocenters. The maximum absolute atomic E-state index is 13.1. The maximum Gasteiger partial charge on any atom is 0.425 e. The Bertz CT molecular complexity index is 1150. The zero-order valence-electron chi connectivity index (χ0n) is 21.5. The number of amides is 2. The summed E-state index contributed by atoms with van der Waals surface area (Å²) in [4.78, 5) is 51.3. The molecule has 4 heterocycles. The van der Waals surface area contributed by atoms with Gasteiger partial charge in [-0.25, -0.2) is 24.5 Å². The Hall–Kier alpha value is -3.16. The second-order valence-electron chi connectivity index (χ2n) is 11.0. The molecule has 0 aliphatic carbocycles. The molecule has 0 spiro atoms. The van der Waals surface area contributed by atoms with Crippen molar-refractivity contribution < 1.29 is 38.1 Å². The van der Waals surface area contributed by atoms with Gasteiger partial charge in [-0.2, -0.15) is 4.90 Å². The molecule has 0 bridgehead atoms. The summed E-state index contributed by atoms with van der Waals surface area (Å²) in [6.45, 7) is 13.5. The predicted molar refractivity (Wildman–Crippen MR) is 124 cm³/mol. The van der Waals surface area contributed by atoms with Crippen LogP contribution in [0.5, 0.6) is 0 Å². The number of ether oxygens (including phenoxy) is 5. The number of carbonyl (C=O) groups excluding carboxylic acids is 3. The van der Waals surface area contributed by atoms with Gasteiger partial charge in [-0.15, -0.1) is 0 Å². The molecule has 2 saturated heterocycles. The van der Waals surface area contributed by atoms with E-state index in [0.717, 1.165) is 0 Å². The summed E-state index contributed by atoms with van der Waals surface area (Å²) >= 11 is 0. The molecule has 0 saturated carbocycles. The van der Waals surface area contributed by atoms with Crippen molar-refractivity contribution in [1.29, 1.82) is 0 Å². The molecule has 4 rings (SSSR count). The Morgan fingerprint density at radius 1 is 1.00 bits per heavy atom. The minimum absolute atomic E-state index is 0.113. The smallest absolute Gasteiger partial charge is 0.425 e. The molecule has 4 atom stereocenters. The lowest BCUT2D eigenvalue weighted by atomic mass is 10.1. The van der Waals surface area contributed by atoms with Gasteiger partial charge in [0, 0.05) is 0 Å². The van der Waals surface area contributed by atoms with Gasteiger partial charge in [0.05, 0.1) is 6.33 Å². The fourth-order valence-corrected chi connectivity index (χ4v) is 3.99. The lowest BCUT2D eigenvalue weighted by Crippen LogP contribution is -2.44. The molecule has 2 aliphatic rings. The van der Waals surface area contributed by atoms with Gasteiger partial charge < -0.3 is 28.5 Å². The molecule has 2 aliphatic heterocycles. The first-order chi connectivity index (χ1) is 16.6. The summed E-state index contributed by atoms with van der Waals surface area (Å²) < 4.78 is 30.2. The van der Waals surface area contributed by atoms with E-state index in [4.69, 9.17) is 23.7 Å². The zero-order valence-corrected chi connectivity index (χ0v) is 21.5. The van der Waals surface area contributed by atoms with Crippen LogP contribution in [-0.4, -0.2) is 73.3 Å². The number of fused-ring (bicyclic) bond motifs is 2. The minimum atomic E-state index is -0.987. The summed E-state index contributed by atoms with van der Waals surface area (Å²) in [6.07, 6.45) is -1.64. The minimum Gasteiger partial charge on any atom is -0.443 e. The topological polar surface area (TPSA) is 144 Å². The fourth-order valence-electron chi connectivity index (χ4n) is 3.99. The highest BCUT2D eigenvalue weighted by molar-refractivity contribution is 6.12. The molecule has 13 nitrogen and oxygen atoms in total. The average molecular weight is 506 g/mol. The molecule has 0 aromatic carbocycles. The Morgan fingerprint density at radius 2 is 1.58 bits per heavy atom. The van der Waals surface area contributed by atoms with Crippen LogP contribution in [0.4, 0.5) is 15.4 Å². The van der Waals surface area contributed by atoms with Crippen LogP contribution in [0.3, 0.4) is 0 Å². The van der Waals surface area contributed by atoms with Gasteiger partial charge >= 0.3 is 12.2 Å². The first-order valence-corrected chi connectivity index (χ1v) is 11.5. The first-order valence-electron chi connectivity index (χ1n) is 11.5. The van der Waals surface area contributed by atoms with Gasteiger partial charge in [0.1, 0.15) is 35.8 Å². The number of anilines is 1. The summed E-state index contributed by atoms with van der Waals surface area (Å²) in [5, 5.41) is 0. The van der Waals surface area contributed by atoms with E-state index in [9.17, 15) is 14.4 Å². The molecular formula is C23H31N5O8. The number of carbonyl (C=O) groups is 3. The highest BCUT2D eigenvalue weighted by Gasteiger charge is 2.56. The highest BCUT2D eigenvalue weighted by Crippen LogP contribution is 2.43. The van der Waals surface area contributed by atoms with E-state index in [1.165, 1.54) is 12.7 Å². The molecule has 0 N–H and O–H groups in total. The van der Waals surface area contributed by atoms with Gasteiger partial charge in [0.25, 0.3) is 0 Å². The van der Waals surface area contributed by atoms with Crippen molar-refractivity contribution in [1.82, 2.24) is 19.5 Å². The van der Waals surface area contributed by atoms with Crippen LogP contribution < -0.4 is 4.90 Å². The van der Waals surface area contributed by atoms with Gasteiger partial charge in [0.15, 0.2) is 35.3 Å². The summed E-state index contributed by atoms with van der Waals surface area (Å²) in [5.74, 6) is -1.05. The van der Waals surface area contributed by atoms with Gasteiger partial charge in [-0.3, -0.25) is 4.57 Å². The number of nitrogens with zero attached hydrogens (tertiary/aromatic N) is 5. The third-order valence-corrected chi connectivity index (χ3v) is 5.18. The van der Waals surface area contributed by atoms with Crippen LogP contribution in [0.2, 0.25) is 0 Å². The third-order valence-electron chi connectivity index (χ3n) is 5.18. The van der Waals surface area contributed by atoms with E-state index < -0.39 is 53.7 Å². The number of aldehydes is 1. The van der Waals surface area contributed by atoms with Gasteiger partial charge in [0.2, 0.25) is 0 Å².